The van der Waals surface area contributed by atoms with Crippen LogP contribution in [-0.2, 0) is 0 Å². The van der Waals surface area contributed by atoms with E-state index in [4.69, 9.17) is 4.42 Å². The summed E-state index contributed by atoms with van der Waals surface area (Å²) in [6.45, 7) is 4.96. The smallest absolute Gasteiger partial charge is 0.273 e. The number of furan rings is 1. The summed E-state index contributed by atoms with van der Waals surface area (Å²) in [6, 6.07) is 3.65. The van der Waals surface area contributed by atoms with Crippen LogP contribution in [0.5, 0.6) is 0 Å². The fraction of sp³-hybridized carbons (Fsp3) is 0.467. The normalized spacial score (nSPS) is 20.0. The summed E-state index contributed by atoms with van der Waals surface area (Å²) in [7, 11) is 0. The van der Waals surface area contributed by atoms with Crippen molar-refractivity contribution in [3.8, 4) is 10.8 Å². The maximum Gasteiger partial charge on any atom is 0.273 e. The Kier molecular flexibility index (Phi) is 3.82. The predicted octanol–water partition coefficient (Wildman–Crippen LogP) is 2.55. The number of aromatic nitrogens is 1. The maximum atomic E-state index is 12.6. The Hall–Kier alpha value is -1.66. The minimum absolute atomic E-state index is 0.0512. The molecule has 0 radical (unpaired) electrons. The Bertz CT molecular complexity index is 633. The van der Waals surface area contributed by atoms with Gasteiger partial charge in [-0.15, -0.1) is 11.3 Å². The van der Waals surface area contributed by atoms with Crippen molar-refractivity contribution in [1.29, 1.82) is 0 Å². The Labute approximate surface area is 127 Å². The van der Waals surface area contributed by atoms with Crippen LogP contribution in [0, 0.1) is 12.8 Å². The summed E-state index contributed by atoms with van der Waals surface area (Å²) in [5.74, 6) is 0.799. The van der Waals surface area contributed by atoms with Crippen LogP contribution in [0.4, 0.5) is 0 Å². The lowest BCUT2D eigenvalue weighted by molar-refractivity contribution is 0.0757. The van der Waals surface area contributed by atoms with E-state index >= 15 is 0 Å². The fourth-order valence-electron chi connectivity index (χ4n) is 2.62. The molecule has 2 unspecified atom stereocenters. The van der Waals surface area contributed by atoms with E-state index in [1.54, 1.807) is 24.2 Å². The molecule has 1 fully saturated rings. The highest BCUT2D eigenvalue weighted by Gasteiger charge is 2.31. The lowest BCUT2D eigenvalue weighted by atomic mass is 10.0. The number of carbonyl (C=O) groups is 1. The number of aliphatic hydroxyl groups excluding tert-OH is 1. The van der Waals surface area contributed by atoms with Crippen molar-refractivity contribution >= 4 is 17.2 Å². The summed E-state index contributed by atoms with van der Waals surface area (Å²) >= 11 is 1.46. The fourth-order valence-corrected chi connectivity index (χ4v) is 3.49. The summed E-state index contributed by atoms with van der Waals surface area (Å²) < 4.78 is 5.33. The number of nitrogens with zero attached hydrogens (tertiary/aromatic N) is 2. The molecule has 0 saturated carbocycles. The molecule has 1 saturated heterocycles. The molecule has 1 N–H and O–H groups in total. The van der Waals surface area contributed by atoms with Crippen LogP contribution < -0.4 is 0 Å². The first-order valence-electron chi connectivity index (χ1n) is 7.05. The Morgan fingerprint density at radius 2 is 2.43 bits per heavy atom. The maximum absolute atomic E-state index is 12.6. The Balaban J connectivity index is 1.80. The molecule has 0 aliphatic carbocycles. The molecular formula is C15H18N2O3S. The summed E-state index contributed by atoms with van der Waals surface area (Å²) in [6.07, 6.45) is 2.07. The average molecular weight is 306 g/mol. The highest BCUT2D eigenvalue weighted by Crippen LogP contribution is 2.30. The third-order valence-electron chi connectivity index (χ3n) is 3.93. The van der Waals surface area contributed by atoms with Crippen molar-refractivity contribution in [2.45, 2.75) is 26.4 Å². The second kappa shape index (κ2) is 5.61. The number of thiazole rings is 1. The van der Waals surface area contributed by atoms with Crippen LogP contribution in [0.3, 0.4) is 0 Å². The zero-order valence-corrected chi connectivity index (χ0v) is 12.9. The van der Waals surface area contributed by atoms with E-state index in [0.717, 1.165) is 16.3 Å². The van der Waals surface area contributed by atoms with Crippen LogP contribution in [0.2, 0.25) is 0 Å². The molecule has 1 amide bonds. The second-order valence-electron chi connectivity index (χ2n) is 5.44. The van der Waals surface area contributed by atoms with Gasteiger partial charge >= 0.3 is 0 Å². The van der Waals surface area contributed by atoms with E-state index in [-0.39, 0.29) is 17.9 Å². The first kappa shape index (κ1) is 14.3. The van der Waals surface area contributed by atoms with Gasteiger partial charge in [-0.25, -0.2) is 4.98 Å². The summed E-state index contributed by atoms with van der Waals surface area (Å²) in [4.78, 5) is 19.7. The number of carbonyl (C=O) groups excluding carboxylic acids is 1. The highest BCUT2D eigenvalue weighted by molar-refractivity contribution is 7.15. The number of aliphatic hydroxyl groups is 1. The molecule has 112 valence electrons. The van der Waals surface area contributed by atoms with Gasteiger partial charge in [0.25, 0.3) is 5.91 Å². The lowest BCUT2D eigenvalue weighted by Crippen LogP contribution is -2.31. The van der Waals surface area contributed by atoms with E-state index < -0.39 is 0 Å². The van der Waals surface area contributed by atoms with Gasteiger partial charge in [-0.1, -0.05) is 0 Å². The van der Waals surface area contributed by atoms with Gasteiger partial charge in [0, 0.05) is 23.9 Å². The van der Waals surface area contributed by atoms with Gasteiger partial charge in [-0.2, -0.15) is 0 Å². The van der Waals surface area contributed by atoms with Crippen LogP contribution in [0.25, 0.3) is 10.8 Å². The number of hydrogen-bond donors (Lipinski definition) is 1. The number of rotatable bonds is 3. The number of likely N-dealkylation sites (tertiary alicyclic amines) is 1. The van der Waals surface area contributed by atoms with E-state index in [0.29, 0.717) is 24.5 Å². The van der Waals surface area contributed by atoms with Crippen LogP contribution >= 0.6 is 11.3 Å². The molecule has 2 aromatic heterocycles. The number of aryl methyl sites for hydroxylation is 1. The zero-order chi connectivity index (χ0) is 15.0. The molecule has 3 rings (SSSR count). The van der Waals surface area contributed by atoms with Crippen LogP contribution in [0.1, 0.15) is 28.7 Å². The minimum Gasteiger partial charge on any atom is -0.462 e. The molecule has 0 spiro atoms. The van der Waals surface area contributed by atoms with E-state index in [1.165, 1.54) is 11.3 Å². The van der Waals surface area contributed by atoms with Gasteiger partial charge in [-0.05, 0) is 32.4 Å². The first-order chi connectivity index (χ1) is 10.1. The van der Waals surface area contributed by atoms with E-state index in [1.807, 2.05) is 13.0 Å². The van der Waals surface area contributed by atoms with Crippen molar-refractivity contribution in [3.63, 3.8) is 0 Å². The van der Waals surface area contributed by atoms with Crippen LogP contribution in [0.15, 0.2) is 22.8 Å². The van der Waals surface area contributed by atoms with Gasteiger partial charge in [-0.3, -0.25) is 4.79 Å². The van der Waals surface area contributed by atoms with Crippen molar-refractivity contribution in [2.24, 2.45) is 5.92 Å². The Morgan fingerprint density at radius 3 is 3.05 bits per heavy atom. The first-order valence-corrected chi connectivity index (χ1v) is 7.86. The molecule has 2 atom stereocenters. The molecule has 1 aliphatic heterocycles. The molecule has 3 heterocycles. The van der Waals surface area contributed by atoms with Crippen molar-refractivity contribution < 1.29 is 14.3 Å². The molecular weight excluding hydrogens is 288 g/mol. The molecule has 6 heteroatoms. The van der Waals surface area contributed by atoms with Crippen molar-refractivity contribution in [2.75, 3.05) is 13.1 Å². The zero-order valence-electron chi connectivity index (χ0n) is 12.1. The lowest BCUT2D eigenvalue weighted by Gasteiger charge is -2.17. The van der Waals surface area contributed by atoms with Gasteiger partial charge < -0.3 is 14.4 Å². The quantitative estimate of drug-likeness (QED) is 0.946. The molecule has 1 aliphatic rings. The average Bonchev–Trinajstić information content (AvgIpc) is 3.18. The van der Waals surface area contributed by atoms with Crippen molar-refractivity contribution in [1.82, 2.24) is 9.88 Å². The largest absolute Gasteiger partial charge is 0.462 e. The molecule has 2 aromatic rings. The molecule has 0 bridgehead atoms. The molecule has 5 nitrogen and oxygen atoms in total. The summed E-state index contributed by atoms with van der Waals surface area (Å²) in [5.41, 5.74) is 0.498. The van der Waals surface area contributed by atoms with Gasteiger partial charge in [0.15, 0.2) is 10.8 Å². The van der Waals surface area contributed by atoms with Gasteiger partial charge in [0.05, 0.1) is 12.4 Å². The standard InChI is InChI=1S/C15H18N2O3S/c1-9(18)11-5-6-17(8-11)15(19)13-10(2)21-14(16-13)12-4-3-7-20-12/h3-4,7,9,11,18H,5-6,8H2,1-2H3. The van der Waals surface area contributed by atoms with E-state index in [2.05, 4.69) is 4.98 Å². The molecule has 21 heavy (non-hydrogen) atoms. The predicted molar refractivity (Wildman–Crippen MR) is 80.2 cm³/mol. The molecule has 0 aromatic carbocycles. The van der Waals surface area contributed by atoms with E-state index in [9.17, 15) is 9.90 Å². The van der Waals surface area contributed by atoms with Crippen molar-refractivity contribution in [3.05, 3.63) is 29.0 Å². The SMILES string of the molecule is Cc1sc(-c2ccco2)nc1C(=O)N1CCC(C(C)O)C1. The van der Waals surface area contributed by atoms with Gasteiger partial charge in [0.2, 0.25) is 0 Å². The number of hydrogen-bond acceptors (Lipinski definition) is 5. The third-order valence-corrected chi connectivity index (χ3v) is 4.91. The summed E-state index contributed by atoms with van der Waals surface area (Å²) in [5, 5.41) is 10.4. The number of amides is 1. The third kappa shape index (κ3) is 2.73. The Morgan fingerprint density at radius 1 is 1.62 bits per heavy atom. The van der Waals surface area contributed by atoms with Gasteiger partial charge in [0.1, 0.15) is 5.69 Å². The second-order valence-corrected chi connectivity index (χ2v) is 6.64. The topological polar surface area (TPSA) is 66.6 Å². The monoisotopic (exact) mass is 306 g/mol. The highest BCUT2D eigenvalue weighted by atomic mass is 32.1. The van der Waals surface area contributed by atoms with Crippen LogP contribution in [-0.4, -0.2) is 40.1 Å². The minimum atomic E-state index is -0.377.